The number of rotatable bonds is 1. The molecule has 0 saturated carbocycles. The zero-order valence-corrected chi connectivity index (χ0v) is 7.82. The normalized spacial score (nSPS) is 8.54. The molecule has 0 atom stereocenters. The van der Waals surface area contributed by atoms with Gasteiger partial charge >= 0.3 is 0 Å². The molecule has 1 aromatic carbocycles. The van der Waals surface area contributed by atoms with Gasteiger partial charge in [0.1, 0.15) is 0 Å². The summed E-state index contributed by atoms with van der Waals surface area (Å²) >= 11 is 0. The van der Waals surface area contributed by atoms with Gasteiger partial charge in [-0.15, -0.1) is 0 Å². The summed E-state index contributed by atoms with van der Waals surface area (Å²) in [6.07, 6.45) is 0. The molecule has 3 nitrogen and oxygen atoms in total. The van der Waals surface area contributed by atoms with Crippen molar-refractivity contribution in [3.63, 3.8) is 0 Å². The zero-order valence-electron chi connectivity index (χ0n) is 7.82. The second-order valence-electron chi connectivity index (χ2n) is 2.67. The Morgan fingerprint density at radius 2 is 2.00 bits per heavy atom. The SMILES string of the molecule is CC(=O)O.Cc1cccc(CO)c1. The van der Waals surface area contributed by atoms with Gasteiger partial charge in [-0.2, -0.15) is 0 Å². The molecule has 0 bridgehead atoms. The van der Waals surface area contributed by atoms with Crippen LogP contribution in [0, 0.1) is 6.92 Å². The van der Waals surface area contributed by atoms with Gasteiger partial charge < -0.3 is 10.2 Å². The zero-order chi connectivity index (χ0) is 10.3. The third-order valence-corrected chi connectivity index (χ3v) is 1.27. The Kier molecular flexibility index (Phi) is 5.55. The van der Waals surface area contributed by atoms with E-state index in [2.05, 4.69) is 0 Å². The number of hydrogen-bond donors (Lipinski definition) is 2. The van der Waals surface area contributed by atoms with Crippen LogP contribution in [0.25, 0.3) is 0 Å². The number of aliphatic hydroxyl groups excluding tert-OH is 1. The average molecular weight is 182 g/mol. The van der Waals surface area contributed by atoms with Crippen LogP contribution in [-0.2, 0) is 11.4 Å². The van der Waals surface area contributed by atoms with Gasteiger partial charge in [0.05, 0.1) is 6.61 Å². The quantitative estimate of drug-likeness (QED) is 0.693. The molecule has 0 aliphatic rings. The Morgan fingerprint density at radius 1 is 1.46 bits per heavy atom. The summed E-state index contributed by atoms with van der Waals surface area (Å²) in [6, 6.07) is 7.84. The lowest BCUT2D eigenvalue weighted by Gasteiger charge is -1.94. The van der Waals surface area contributed by atoms with Crippen molar-refractivity contribution in [3.05, 3.63) is 35.4 Å². The number of carboxylic acid groups (broad SMARTS) is 1. The summed E-state index contributed by atoms with van der Waals surface area (Å²) in [6.45, 7) is 3.24. The van der Waals surface area contributed by atoms with E-state index < -0.39 is 5.97 Å². The molecule has 1 rings (SSSR count). The van der Waals surface area contributed by atoms with Crippen molar-refractivity contribution < 1.29 is 15.0 Å². The predicted octanol–water partition coefficient (Wildman–Crippen LogP) is 1.58. The van der Waals surface area contributed by atoms with E-state index >= 15 is 0 Å². The molecule has 0 fully saturated rings. The number of hydrogen-bond acceptors (Lipinski definition) is 2. The van der Waals surface area contributed by atoms with E-state index in [0.29, 0.717) is 0 Å². The fraction of sp³-hybridized carbons (Fsp3) is 0.300. The van der Waals surface area contributed by atoms with E-state index in [0.717, 1.165) is 12.5 Å². The highest BCUT2D eigenvalue weighted by Gasteiger charge is 1.86. The molecule has 0 saturated heterocycles. The lowest BCUT2D eigenvalue weighted by molar-refractivity contribution is -0.134. The first-order valence-corrected chi connectivity index (χ1v) is 3.92. The van der Waals surface area contributed by atoms with Crippen LogP contribution in [0.15, 0.2) is 24.3 Å². The molecular weight excluding hydrogens is 168 g/mol. The van der Waals surface area contributed by atoms with E-state index in [9.17, 15) is 0 Å². The Labute approximate surface area is 77.6 Å². The highest BCUT2D eigenvalue weighted by molar-refractivity contribution is 5.62. The minimum absolute atomic E-state index is 0.141. The van der Waals surface area contributed by atoms with Gasteiger partial charge in [-0.25, -0.2) is 0 Å². The van der Waals surface area contributed by atoms with Crippen LogP contribution >= 0.6 is 0 Å². The smallest absolute Gasteiger partial charge is 0.300 e. The Morgan fingerprint density at radius 3 is 2.31 bits per heavy atom. The minimum Gasteiger partial charge on any atom is -0.481 e. The van der Waals surface area contributed by atoms with Crippen LogP contribution in [0.1, 0.15) is 18.1 Å². The first kappa shape index (κ1) is 11.6. The number of carboxylic acids is 1. The molecular formula is C10H14O3. The van der Waals surface area contributed by atoms with E-state index in [4.69, 9.17) is 15.0 Å². The van der Waals surface area contributed by atoms with Crippen molar-refractivity contribution >= 4 is 5.97 Å². The summed E-state index contributed by atoms with van der Waals surface area (Å²) in [4.78, 5) is 9.00. The fourth-order valence-electron chi connectivity index (χ4n) is 0.810. The van der Waals surface area contributed by atoms with Gasteiger partial charge in [0, 0.05) is 6.92 Å². The molecule has 3 heteroatoms. The molecule has 0 radical (unpaired) electrons. The Bertz CT molecular complexity index is 265. The van der Waals surface area contributed by atoms with Crippen LogP contribution < -0.4 is 0 Å². The van der Waals surface area contributed by atoms with Crippen LogP contribution in [-0.4, -0.2) is 16.2 Å². The molecule has 72 valence electrons. The first-order valence-electron chi connectivity index (χ1n) is 3.92. The summed E-state index contributed by atoms with van der Waals surface area (Å²) in [5.74, 6) is -0.833. The van der Waals surface area contributed by atoms with E-state index in [1.807, 2.05) is 31.2 Å². The summed E-state index contributed by atoms with van der Waals surface area (Å²) in [5.41, 5.74) is 2.18. The third kappa shape index (κ3) is 7.03. The Hall–Kier alpha value is -1.35. The summed E-state index contributed by atoms with van der Waals surface area (Å²) in [5, 5.41) is 16.1. The van der Waals surface area contributed by atoms with Gasteiger partial charge in [-0.3, -0.25) is 4.79 Å². The second-order valence-corrected chi connectivity index (χ2v) is 2.67. The first-order chi connectivity index (χ1) is 6.06. The van der Waals surface area contributed by atoms with Crippen LogP contribution in [0.4, 0.5) is 0 Å². The molecule has 0 unspecified atom stereocenters. The number of aliphatic hydroxyl groups is 1. The third-order valence-electron chi connectivity index (χ3n) is 1.27. The van der Waals surface area contributed by atoms with Crippen molar-refractivity contribution in [2.75, 3.05) is 0 Å². The second kappa shape index (κ2) is 6.20. The summed E-state index contributed by atoms with van der Waals surface area (Å²) in [7, 11) is 0. The van der Waals surface area contributed by atoms with Gasteiger partial charge in [-0.05, 0) is 12.5 Å². The molecule has 1 aromatic rings. The van der Waals surface area contributed by atoms with Crippen molar-refractivity contribution in [3.8, 4) is 0 Å². The van der Waals surface area contributed by atoms with Crippen LogP contribution in [0.3, 0.4) is 0 Å². The van der Waals surface area contributed by atoms with Gasteiger partial charge in [0.15, 0.2) is 0 Å². The van der Waals surface area contributed by atoms with Gasteiger partial charge in [-0.1, -0.05) is 29.8 Å². The fourth-order valence-corrected chi connectivity index (χ4v) is 0.810. The molecule has 0 aliphatic heterocycles. The van der Waals surface area contributed by atoms with Crippen LogP contribution in [0.2, 0.25) is 0 Å². The molecule has 0 spiro atoms. The molecule has 0 amide bonds. The van der Waals surface area contributed by atoms with Gasteiger partial charge in [0.25, 0.3) is 5.97 Å². The maximum Gasteiger partial charge on any atom is 0.300 e. The Balaban J connectivity index is 0.000000310. The lowest BCUT2D eigenvalue weighted by Crippen LogP contribution is -1.81. The maximum atomic E-state index is 9.00. The average Bonchev–Trinajstić information content (AvgIpc) is 2.03. The minimum atomic E-state index is -0.833. The molecule has 13 heavy (non-hydrogen) atoms. The van der Waals surface area contributed by atoms with Crippen molar-refractivity contribution in [1.82, 2.24) is 0 Å². The highest BCUT2D eigenvalue weighted by atomic mass is 16.4. The van der Waals surface area contributed by atoms with Crippen LogP contribution in [0.5, 0.6) is 0 Å². The summed E-state index contributed by atoms with van der Waals surface area (Å²) < 4.78 is 0. The molecule has 2 N–H and O–H groups in total. The number of benzene rings is 1. The molecule has 0 aromatic heterocycles. The largest absolute Gasteiger partial charge is 0.481 e. The maximum absolute atomic E-state index is 9.00. The van der Waals surface area contributed by atoms with E-state index in [1.54, 1.807) is 0 Å². The number of aryl methyl sites for hydroxylation is 1. The monoisotopic (exact) mass is 182 g/mol. The number of aliphatic carboxylic acids is 1. The van der Waals surface area contributed by atoms with Gasteiger partial charge in [0.2, 0.25) is 0 Å². The van der Waals surface area contributed by atoms with E-state index in [-0.39, 0.29) is 6.61 Å². The molecule has 0 heterocycles. The van der Waals surface area contributed by atoms with Crippen molar-refractivity contribution in [2.24, 2.45) is 0 Å². The standard InChI is InChI=1S/C8H10O.C2H4O2/c1-7-3-2-4-8(5-7)6-9;1-2(3)4/h2-5,9H,6H2,1H3;1H3,(H,3,4). The van der Waals surface area contributed by atoms with Crippen molar-refractivity contribution in [2.45, 2.75) is 20.5 Å². The van der Waals surface area contributed by atoms with E-state index in [1.165, 1.54) is 5.56 Å². The highest BCUT2D eigenvalue weighted by Crippen LogP contribution is 2.02. The number of carbonyl (C=O) groups is 1. The lowest BCUT2D eigenvalue weighted by atomic mass is 10.1. The predicted molar refractivity (Wildman–Crippen MR) is 50.4 cm³/mol. The molecule has 0 aliphatic carbocycles. The van der Waals surface area contributed by atoms with Crippen molar-refractivity contribution in [1.29, 1.82) is 0 Å². The topological polar surface area (TPSA) is 57.5 Å².